The van der Waals surface area contributed by atoms with Crippen molar-refractivity contribution in [3.8, 4) is 0 Å². The SMILES string of the molecule is CSc1nc(N2CCCC2)c2ccccc2n1. The van der Waals surface area contributed by atoms with Crippen LogP contribution in [0.3, 0.4) is 0 Å². The van der Waals surface area contributed by atoms with E-state index >= 15 is 0 Å². The fraction of sp³-hybridized carbons (Fsp3) is 0.385. The van der Waals surface area contributed by atoms with E-state index in [9.17, 15) is 0 Å². The van der Waals surface area contributed by atoms with E-state index in [0.717, 1.165) is 29.6 Å². The topological polar surface area (TPSA) is 29.0 Å². The molecule has 0 radical (unpaired) electrons. The molecule has 0 bridgehead atoms. The number of anilines is 1. The summed E-state index contributed by atoms with van der Waals surface area (Å²) in [5.41, 5.74) is 1.05. The van der Waals surface area contributed by atoms with E-state index in [-0.39, 0.29) is 0 Å². The first-order valence-electron chi connectivity index (χ1n) is 5.94. The number of benzene rings is 1. The first-order chi connectivity index (χ1) is 8.38. The molecule has 0 spiro atoms. The molecule has 2 aromatic rings. The summed E-state index contributed by atoms with van der Waals surface area (Å²) in [6.45, 7) is 2.24. The highest BCUT2D eigenvalue weighted by Gasteiger charge is 2.17. The summed E-state index contributed by atoms with van der Waals surface area (Å²) >= 11 is 1.61. The first-order valence-corrected chi connectivity index (χ1v) is 7.16. The second kappa shape index (κ2) is 4.53. The number of hydrogen-bond acceptors (Lipinski definition) is 4. The molecule has 1 fully saturated rings. The fourth-order valence-electron chi connectivity index (χ4n) is 2.30. The van der Waals surface area contributed by atoms with E-state index in [1.807, 2.05) is 12.3 Å². The number of rotatable bonds is 2. The second-order valence-corrected chi connectivity index (χ2v) is 5.02. The van der Waals surface area contributed by atoms with Crippen molar-refractivity contribution in [1.29, 1.82) is 0 Å². The van der Waals surface area contributed by atoms with Crippen LogP contribution < -0.4 is 4.90 Å². The largest absolute Gasteiger partial charge is 0.356 e. The number of aromatic nitrogens is 2. The molecule has 0 atom stereocenters. The quantitative estimate of drug-likeness (QED) is 0.601. The van der Waals surface area contributed by atoms with Crippen LogP contribution in [-0.4, -0.2) is 29.3 Å². The lowest BCUT2D eigenvalue weighted by Gasteiger charge is -2.18. The maximum Gasteiger partial charge on any atom is 0.189 e. The summed E-state index contributed by atoms with van der Waals surface area (Å²) < 4.78 is 0. The number of hydrogen-bond donors (Lipinski definition) is 0. The molecule has 3 rings (SSSR count). The van der Waals surface area contributed by atoms with Gasteiger partial charge in [-0.3, -0.25) is 0 Å². The Labute approximate surface area is 105 Å². The highest BCUT2D eigenvalue weighted by molar-refractivity contribution is 7.98. The lowest BCUT2D eigenvalue weighted by molar-refractivity contribution is 0.899. The average molecular weight is 245 g/mol. The Morgan fingerprint density at radius 3 is 2.65 bits per heavy atom. The molecule has 3 nitrogen and oxygen atoms in total. The summed E-state index contributed by atoms with van der Waals surface area (Å²) in [5.74, 6) is 1.11. The highest BCUT2D eigenvalue weighted by atomic mass is 32.2. The molecule has 1 aromatic heterocycles. The Hall–Kier alpha value is -1.29. The summed E-state index contributed by atoms with van der Waals surface area (Å²) in [7, 11) is 0. The van der Waals surface area contributed by atoms with Crippen molar-refractivity contribution in [1.82, 2.24) is 9.97 Å². The average Bonchev–Trinajstić information content (AvgIpc) is 2.91. The smallest absolute Gasteiger partial charge is 0.189 e. The first kappa shape index (κ1) is 10.8. The second-order valence-electron chi connectivity index (χ2n) is 4.25. The van der Waals surface area contributed by atoms with Gasteiger partial charge in [0.1, 0.15) is 5.82 Å². The molecule has 0 aliphatic carbocycles. The van der Waals surface area contributed by atoms with Crippen LogP contribution in [0, 0.1) is 0 Å². The van der Waals surface area contributed by atoms with Gasteiger partial charge in [0, 0.05) is 18.5 Å². The van der Waals surface area contributed by atoms with Crippen molar-refractivity contribution in [2.75, 3.05) is 24.2 Å². The molecule has 0 N–H and O–H groups in total. The van der Waals surface area contributed by atoms with Gasteiger partial charge >= 0.3 is 0 Å². The van der Waals surface area contributed by atoms with Crippen LogP contribution in [-0.2, 0) is 0 Å². The minimum atomic E-state index is 0.866. The zero-order valence-corrected chi connectivity index (χ0v) is 10.7. The van der Waals surface area contributed by atoms with Crippen LogP contribution in [0.15, 0.2) is 29.4 Å². The van der Waals surface area contributed by atoms with Crippen LogP contribution in [0.5, 0.6) is 0 Å². The van der Waals surface area contributed by atoms with E-state index in [1.165, 1.54) is 18.2 Å². The summed E-state index contributed by atoms with van der Waals surface area (Å²) in [6.07, 6.45) is 4.57. The number of fused-ring (bicyclic) bond motifs is 1. The normalized spacial score (nSPS) is 15.7. The van der Waals surface area contributed by atoms with E-state index < -0.39 is 0 Å². The van der Waals surface area contributed by atoms with Gasteiger partial charge in [-0.05, 0) is 31.2 Å². The lowest BCUT2D eigenvalue weighted by Crippen LogP contribution is -2.19. The Morgan fingerprint density at radius 2 is 1.88 bits per heavy atom. The lowest BCUT2D eigenvalue weighted by atomic mass is 10.2. The number of nitrogens with zero attached hydrogens (tertiary/aromatic N) is 3. The summed E-state index contributed by atoms with van der Waals surface area (Å²) in [4.78, 5) is 11.6. The molecule has 0 unspecified atom stereocenters. The molecule has 2 heterocycles. The van der Waals surface area contributed by atoms with Gasteiger partial charge in [0.05, 0.1) is 5.52 Å². The molecular weight excluding hydrogens is 230 g/mol. The van der Waals surface area contributed by atoms with E-state index in [0.29, 0.717) is 0 Å². The predicted octanol–water partition coefficient (Wildman–Crippen LogP) is 2.95. The van der Waals surface area contributed by atoms with Crippen molar-refractivity contribution in [2.24, 2.45) is 0 Å². The number of thioether (sulfide) groups is 1. The molecular formula is C13H15N3S. The molecule has 1 aromatic carbocycles. The third kappa shape index (κ3) is 1.97. The van der Waals surface area contributed by atoms with E-state index in [4.69, 9.17) is 0 Å². The van der Waals surface area contributed by atoms with Crippen LogP contribution in [0.4, 0.5) is 5.82 Å². The van der Waals surface area contributed by atoms with Gasteiger partial charge in [-0.2, -0.15) is 0 Å². The van der Waals surface area contributed by atoms with E-state index in [1.54, 1.807) is 11.8 Å². The van der Waals surface area contributed by atoms with Gasteiger partial charge in [0.2, 0.25) is 0 Å². The maximum atomic E-state index is 4.68. The van der Waals surface area contributed by atoms with Crippen LogP contribution in [0.25, 0.3) is 10.9 Å². The van der Waals surface area contributed by atoms with Gasteiger partial charge < -0.3 is 4.90 Å². The Morgan fingerprint density at radius 1 is 1.12 bits per heavy atom. The summed E-state index contributed by atoms with van der Waals surface area (Å²) in [5, 5.41) is 2.04. The van der Waals surface area contributed by atoms with Gasteiger partial charge in [-0.1, -0.05) is 23.9 Å². The van der Waals surface area contributed by atoms with Crippen molar-refractivity contribution in [3.05, 3.63) is 24.3 Å². The molecule has 0 saturated carbocycles. The van der Waals surface area contributed by atoms with Gasteiger partial charge in [0.25, 0.3) is 0 Å². The van der Waals surface area contributed by atoms with Gasteiger partial charge in [0.15, 0.2) is 5.16 Å². The van der Waals surface area contributed by atoms with Crippen molar-refractivity contribution in [2.45, 2.75) is 18.0 Å². The van der Waals surface area contributed by atoms with Gasteiger partial charge in [-0.15, -0.1) is 0 Å². The Bertz CT molecular complexity index is 535. The van der Waals surface area contributed by atoms with Crippen molar-refractivity contribution >= 4 is 28.5 Å². The molecule has 17 heavy (non-hydrogen) atoms. The third-order valence-electron chi connectivity index (χ3n) is 3.15. The minimum Gasteiger partial charge on any atom is -0.356 e. The fourth-order valence-corrected chi connectivity index (χ4v) is 2.67. The molecule has 88 valence electrons. The molecule has 0 amide bonds. The van der Waals surface area contributed by atoms with Crippen molar-refractivity contribution in [3.63, 3.8) is 0 Å². The van der Waals surface area contributed by atoms with E-state index in [2.05, 4.69) is 33.1 Å². The summed E-state index contributed by atoms with van der Waals surface area (Å²) in [6, 6.07) is 8.28. The zero-order chi connectivity index (χ0) is 11.7. The van der Waals surface area contributed by atoms with Crippen LogP contribution in [0.1, 0.15) is 12.8 Å². The molecule has 4 heteroatoms. The molecule has 1 aliphatic rings. The standard InChI is InChI=1S/C13H15N3S/c1-17-13-14-11-7-3-2-6-10(11)12(15-13)16-8-4-5-9-16/h2-3,6-7H,4-5,8-9H2,1H3. The monoisotopic (exact) mass is 245 g/mol. The van der Waals surface area contributed by atoms with Crippen LogP contribution >= 0.6 is 11.8 Å². The van der Waals surface area contributed by atoms with Gasteiger partial charge in [-0.25, -0.2) is 9.97 Å². The predicted molar refractivity (Wildman–Crippen MR) is 72.8 cm³/mol. The highest BCUT2D eigenvalue weighted by Crippen LogP contribution is 2.28. The Balaban J connectivity index is 2.19. The Kier molecular flexibility index (Phi) is 2.89. The van der Waals surface area contributed by atoms with Crippen molar-refractivity contribution < 1.29 is 0 Å². The third-order valence-corrected chi connectivity index (χ3v) is 3.70. The number of para-hydroxylation sites is 1. The minimum absolute atomic E-state index is 0.866. The zero-order valence-electron chi connectivity index (χ0n) is 9.89. The maximum absolute atomic E-state index is 4.68. The van der Waals surface area contributed by atoms with Crippen LogP contribution in [0.2, 0.25) is 0 Å². The molecule has 1 aliphatic heterocycles. The molecule has 1 saturated heterocycles.